The van der Waals surface area contributed by atoms with Crippen molar-refractivity contribution < 1.29 is 64.9 Å². The molecule has 0 aromatic heterocycles. The minimum Gasteiger partial charge on any atom is -0.394 e. The molecule has 0 aromatic carbocycles. The predicted molar refractivity (Wildman–Crippen MR) is 201 cm³/mol. The fraction of sp³-hybridized carbons (Fsp3) is 0.905. The molecule has 4 unspecified atom stereocenters. The average molecular weight is 783 g/mol. The van der Waals surface area contributed by atoms with Crippen LogP contribution in [0.1, 0.15) is 100 Å². The van der Waals surface area contributed by atoms with E-state index in [1.54, 1.807) is 0 Å². The Balaban J connectivity index is 1.44. The quantitative estimate of drug-likeness (QED) is 0.121. The molecule has 13 nitrogen and oxygen atoms in total. The highest BCUT2D eigenvalue weighted by molar-refractivity contribution is 5.24. The molecule has 2 saturated heterocycles. The molecule has 6 rings (SSSR count). The number of hydrogen-bond acceptors (Lipinski definition) is 13. The molecule has 6 fully saturated rings. The number of allylic oxidation sites excluding steroid dienone is 4. The molecule has 20 atom stereocenters. The van der Waals surface area contributed by atoms with Gasteiger partial charge in [0.1, 0.15) is 48.8 Å². The summed E-state index contributed by atoms with van der Waals surface area (Å²) in [6.07, 6.45) is -6.42. The largest absolute Gasteiger partial charge is 0.394 e. The highest BCUT2D eigenvalue weighted by Crippen LogP contribution is 2.76. The Kier molecular flexibility index (Phi) is 12.6. The van der Waals surface area contributed by atoms with Crippen LogP contribution in [0.3, 0.4) is 0 Å². The van der Waals surface area contributed by atoms with E-state index in [4.69, 9.17) is 18.9 Å². The molecule has 13 heteroatoms. The van der Waals surface area contributed by atoms with Gasteiger partial charge in [0.05, 0.1) is 31.5 Å². The summed E-state index contributed by atoms with van der Waals surface area (Å²) in [6.45, 7) is 16.2. The first kappa shape index (κ1) is 43.5. The van der Waals surface area contributed by atoms with Gasteiger partial charge in [-0.3, -0.25) is 0 Å². The van der Waals surface area contributed by atoms with E-state index in [9.17, 15) is 46.0 Å². The zero-order valence-corrected chi connectivity index (χ0v) is 34.0. The van der Waals surface area contributed by atoms with Crippen molar-refractivity contribution in [3.63, 3.8) is 0 Å². The van der Waals surface area contributed by atoms with Crippen LogP contribution in [-0.2, 0) is 18.9 Å². The summed E-state index contributed by atoms with van der Waals surface area (Å²) in [6, 6.07) is 0. The number of rotatable bonds is 9. The van der Waals surface area contributed by atoms with Crippen LogP contribution in [0, 0.1) is 45.3 Å². The van der Waals surface area contributed by atoms with E-state index in [0.717, 1.165) is 19.3 Å². The lowest BCUT2D eigenvalue weighted by Crippen LogP contribution is -2.71. The maximum Gasteiger partial charge on any atom is 0.186 e. The Morgan fingerprint density at radius 3 is 1.75 bits per heavy atom. The molecule has 0 radical (unpaired) electrons. The number of aliphatic hydroxyl groups is 9. The SMILES string of the molecule is CC(C)=CC/C=C(/C)[C@H]1CC[C@]2(C)C1[C@H](OC1O[C@H](CO)[C@@H](O)[C@H](O)[C@H]1O)CC1[C@@]3(C)CC[C@H](O)C(C)(C)C3[C@@H](O[C@@H]3O[C@H](CO)[C@@H](O)[C@H](O)[C@H]3O)C[C@]12C. The summed E-state index contributed by atoms with van der Waals surface area (Å²) in [4.78, 5) is 0. The molecule has 2 heterocycles. The van der Waals surface area contributed by atoms with E-state index in [0.29, 0.717) is 25.7 Å². The summed E-state index contributed by atoms with van der Waals surface area (Å²) in [5, 5.41) is 96.6. The summed E-state index contributed by atoms with van der Waals surface area (Å²) in [5.41, 5.74) is 0.590. The van der Waals surface area contributed by atoms with Gasteiger partial charge in [-0.25, -0.2) is 0 Å². The fourth-order valence-electron chi connectivity index (χ4n) is 13.0. The number of fused-ring (bicyclic) bond motifs is 5. The van der Waals surface area contributed by atoms with Crippen LogP contribution < -0.4 is 0 Å². The summed E-state index contributed by atoms with van der Waals surface area (Å²) < 4.78 is 25.7. The van der Waals surface area contributed by atoms with Crippen molar-refractivity contribution in [2.75, 3.05) is 13.2 Å². The van der Waals surface area contributed by atoms with Crippen LogP contribution >= 0.6 is 0 Å². The number of aliphatic hydroxyl groups excluding tert-OH is 9. The molecule has 4 aliphatic carbocycles. The van der Waals surface area contributed by atoms with Crippen molar-refractivity contribution in [2.24, 2.45) is 45.3 Å². The van der Waals surface area contributed by atoms with Gasteiger partial charge in [0.25, 0.3) is 0 Å². The monoisotopic (exact) mass is 782 g/mol. The summed E-state index contributed by atoms with van der Waals surface area (Å²) in [7, 11) is 0. The van der Waals surface area contributed by atoms with Gasteiger partial charge in [0.2, 0.25) is 0 Å². The second kappa shape index (κ2) is 15.9. The Morgan fingerprint density at radius 2 is 1.22 bits per heavy atom. The molecule has 4 saturated carbocycles. The van der Waals surface area contributed by atoms with Gasteiger partial charge < -0.3 is 64.9 Å². The van der Waals surface area contributed by atoms with Crippen LogP contribution in [0.15, 0.2) is 23.3 Å². The molecule has 6 aliphatic rings. The molecule has 0 bridgehead atoms. The maximum absolute atomic E-state index is 11.6. The lowest BCUT2D eigenvalue weighted by Gasteiger charge is -2.72. The minimum absolute atomic E-state index is 0.0104. The third-order valence-electron chi connectivity index (χ3n) is 16.1. The van der Waals surface area contributed by atoms with Crippen molar-refractivity contribution in [1.82, 2.24) is 0 Å². The van der Waals surface area contributed by atoms with E-state index in [2.05, 4.69) is 53.7 Å². The van der Waals surface area contributed by atoms with E-state index in [-0.39, 0.29) is 29.1 Å². The molecule has 0 amide bonds. The van der Waals surface area contributed by atoms with Crippen molar-refractivity contribution in [3.8, 4) is 0 Å². The fourth-order valence-corrected chi connectivity index (χ4v) is 13.0. The average Bonchev–Trinajstić information content (AvgIpc) is 3.50. The van der Waals surface area contributed by atoms with Gasteiger partial charge in [-0.1, -0.05) is 57.9 Å². The van der Waals surface area contributed by atoms with E-state index in [1.807, 2.05) is 13.8 Å². The van der Waals surface area contributed by atoms with E-state index < -0.39 is 109 Å². The van der Waals surface area contributed by atoms with Gasteiger partial charge >= 0.3 is 0 Å². The Hall–Kier alpha value is -1.04. The van der Waals surface area contributed by atoms with Crippen molar-refractivity contribution in [1.29, 1.82) is 0 Å². The molecule has 0 aromatic rings. The van der Waals surface area contributed by atoms with Gasteiger partial charge in [0, 0.05) is 0 Å². The first-order valence-corrected chi connectivity index (χ1v) is 20.6. The van der Waals surface area contributed by atoms with Crippen LogP contribution in [0.2, 0.25) is 0 Å². The Bertz CT molecular complexity index is 1410. The van der Waals surface area contributed by atoms with Crippen molar-refractivity contribution in [3.05, 3.63) is 23.3 Å². The van der Waals surface area contributed by atoms with Crippen LogP contribution in [-0.4, -0.2) is 139 Å². The number of hydrogen-bond donors (Lipinski definition) is 9. The lowest BCUT2D eigenvalue weighted by molar-refractivity contribution is -0.356. The van der Waals surface area contributed by atoms with Crippen molar-refractivity contribution in [2.45, 2.75) is 180 Å². The second-order valence-corrected chi connectivity index (χ2v) is 19.6. The molecular weight excluding hydrogens is 712 g/mol. The molecule has 316 valence electrons. The zero-order valence-electron chi connectivity index (χ0n) is 34.0. The molecule has 0 spiro atoms. The zero-order chi connectivity index (χ0) is 40.6. The van der Waals surface area contributed by atoms with Crippen LogP contribution in [0.25, 0.3) is 0 Å². The van der Waals surface area contributed by atoms with Crippen LogP contribution in [0.5, 0.6) is 0 Å². The van der Waals surface area contributed by atoms with Gasteiger partial charge in [-0.2, -0.15) is 0 Å². The smallest absolute Gasteiger partial charge is 0.186 e. The van der Waals surface area contributed by atoms with Gasteiger partial charge in [-0.05, 0) is 111 Å². The summed E-state index contributed by atoms with van der Waals surface area (Å²) in [5.74, 6) is -0.205. The molecule has 9 N–H and O–H groups in total. The normalized spacial score (nSPS) is 52.5. The second-order valence-electron chi connectivity index (χ2n) is 19.6. The summed E-state index contributed by atoms with van der Waals surface area (Å²) >= 11 is 0. The number of ether oxygens (including phenoxy) is 4. The highest BCUT2D eigenvalue weighted by atomic mass is 16.7. The van der Waals surface area contributed by atoms with E-state index >= 15 is 0 Å². The molecular formula is C42H70O13. The topological polar surface area (TPSA) is 219 Å². The third kappa shape index (κ3) is 7.12. The maximum atomic E-state index is 11.6. The Labute approximate surface area is 326 Å². The Morgan fingerprint density at radius 1 is 0.673 bits per heavy atom. The third-order valence-corrected chi connectivity index (χ3v) is 16.1. The lowest BCUT2D eigenvalue weighted by atomic mass is 9.34. The minimum atomic E-state index is -1.59. The molecule has 55 heavy (non-hydrogen) atoms. The van der Waals surface area contributed by atoms with Crippen molar-refractivity contribution >= 4 is 0 Å². The van der Waals surface area contributed by atoms with Gasteiger partial charge in [-0.15, -0.1) is 0 Å². The molecule has 2 aliphatic heterocycles. The highest BCUT2D eigenvalue weighted by Gasteiger charge is 2.73. The van der Waals surface area contributed by atoms with Gasteiger partial charge in [0.15, 0.2) is 12.6 Å². The first-order valence-electron chi connectivity index (χ1n) is 20.6. The first-order chi connectivity index (χ1) is 25.7. The predicted octanol–water partition coefficient (Wildman–Crippen LogP) is 1.93. The van der Waals surface area contributed by atoms with E-state index in [1.165, 1.54) is 11.1 Å². The standard InChI is InChI=1S/C42H70O13/c1-20(2)10-9-11-21(3)22-12-15-41(7)29(22)23(52-37-34(50)32(48)30(46)25(18-43)54-37)16-27-40(6)14-13-28(45)39(4,5)36(40)24(17-42(27,41)8)53-38-35(51)33(49)31(47)26(19-44)55-38/h10-11,22-38,43-51H,9,12-19H2,1-8H3/b21-11-/t22-,23-,24+,25-,26-,27?,28+,29?,30-,31-,32+,33+,34-,35-,36?,37?,38-,40-,41-,42-/m1/s1. The van der Waals surface area contributed by atoms with Crippen LogP contribution in [0.4, 0.5) is 0 Å².